The number of likely N-dealkylation sites (N-methyl/N-ethyl adjacent to an activating group) is 1. The smallest absolute Gasteiger partial charge is 0.275 e. The van der Waals surface area contributed by atoms with Crippen LogP contribution in [-0.4, -0.2) is 85.0 Å². The minimum atomic E-state index is -0.369. The van der Waals surface area contributed by atoms with Gasteiger partial charge in [-0.15, -0.1) is 21.5 Å². The Balaban J connectivity index is 1.26. The molecular weight excluding hydrogens is 500 g/mol. The van der Waals surface area contributed by atoms with E-state index in [0.29, 0.717) is 17.8 Å². The minimum Gasteiger partial charge on any atom is -0.371 e. The van der Waals surface area contributed by atoms with E-state index in [4.69, 9.17) is 0 Å². The molecule has 3 aromatic rings. The van der Waals surface area contributed by atoms with Gasteiger partial charge < -0.3 is 24.3 Å². The first kappa shape index (κ1) is 24.7. The van der Waals surface area contributed by atoms with Crippen molar-refractivity contribution in [3.8, 4) is 10.8 Å². The van der Waals surface area contributed by atoms with E-state index in [1.54, 1.807) is 12.4 Å². The molecule has 11 nitrogen and oxygen atoms in total. The van der Waals surface area contributed by atoms with E-state index < -0.39 is 0 Å². The number of aromatic nitrogens is 6. The lowest BCUT2D eigenvalue weighted by molar-refractivity contribution is -0.112. The van der Waals surface area contributed by atoms with Crippen molar-refractivity contribution < 1.29 is 4.79 Å². The predicted octanol–water partition coefficient (Wildman–Crippen LogP) is 3.47. The summed E-state index contributed by atoms with van der Waals surface area (Å²) in [4.78, 5) is 31.3. The largest absolute Gasteiger partial charge is 0.371 e. The van der Waals surface area contributed by atoms with Crippen molar-refractivity contribution in [2.45, 2.75) is 44.6 Å². The Labute approximate surface area is 225 Å². The Bertz CT molecular complexity index is 1400. The van der Waals surface area contributed by atoms with Gasteiger partial charge >= 0.3 is 0 Å². The molecule has 1 amide bonds. The molecule has 3 aliphatic rings. The number of thiazole rings is 1. The molecule has 38 heavy (non-hydrogen) atoms. The van der Waals surface area contributed by atoms with Gasteiger partial charge in [0.25, 0.3) is 5.91 Å². The van der Waals surface area contributed by atoms with Gasteiger partial charge in [-0.25, -0.2) is 9.97 Å². The SMILES string of the molecule is C=N/C(=C\C(=C(/C)N1CCN(C)CC1)n1cnc(C2CC2)c1)C(=O)Nc1csc(-c2nncn2C2CC2)n1. The van der Waals surface area contributed by atoms with E-state index >= 15 is 0 Å². The molecule has 198 valence electrons. The summed E-state index contributed by atoms with van der Waals surface area (Å²) >= 11 is 1.43. The molecule has 1 aliphatic heterocycles. The van der Waals surface area contributed by atoms with Gasteiger partial charge in [0.2, 0.25) is 0 Å². The summed E-state index contributed by atoms with van der Waals surface area (Å²) in [7, 11) is 2.14. The Hall–Kier alpha value is -3.64. The fourth-order valence-electron chi connectivity index (χ4n) is 4.67. The lowest BCUT2D eigenvalue weighted by atomic mass is 10.2. The van der Waals surface area contributed by atoms with Gasteiger partial charge in [-0.05, 0) is 52.4 Å². The molecule has 0 spiro atoms. The summed E-state index contributed by atoms with van der Waals surface area (Å²) < 4.78 is 4.06. The van der Waals surface area contributed by atoms with E-state index in [1.165, 1.54) is 24.2 Å². The van der Waals surface area contributed by atoms with E-state index in [-0.39, 0.29) is 11.6 Å². The zero-order valence-electron chi connectivity index (χ0n) is 21.7. The lowest BCUT2D eigenvalue weighted by Crippen LogP contribution is -2.43. The Morgan fingerprint density at radius 3 is 2.68 bits per heavy atom. The maximum absolute atomic E-state index is 13.3. The molecule has 0 radical (unpaired) electrons. The molecule has 1 saturated heterocycles. The van der Waals surface area contributed by atoms with E-state index in [9.17, 15) is 4.79 Å². The second kappa shape index (κ2) is 10.3. The highest BCUT2D eigenvalue weighted by molar-refractivity contribution is 7.13. The van der Waals surface area contributed by atoms with Crippen LogP contribution in [0.2, 0.25) is 0 Å². The van der Waals surface area contributed by atoms with E-state index in [1.807, 2.05) is 16.3 Å². The number of anilines is 1. The normalized spacial score (nSPS) is 19.4. The summed E-state index contributed by atoms with van der Waals surface area (Å²) in [6.45, 7) is 9.59. The van der Waals surface area contributed by atoms with Crippen molar-refractivity contribution in [3.63, 3.8) is 0 Å². The summed E-state index contributed by atoms with van der Waals surface area (Å²) in [6, 6.07) is 0.443. The second-order valence-electron chi connectivity index (χ2n) is 10.2. The number of amides is 1. The topological polar surface area (TPSA) is 109 Å². The number of rotatable bonds is 9. The zero-order valence-corrected chi connectivity index (χ0v) is 22.6. The number of nitrogens with zero attached hydrogens (tertiary/aromatic N) is 9. The van der Waals surface area contributed by atoms with Crippen LogP contribution in [0.25, 0.3) is 16.5 Å². The molecule has 2 aliphatic carbocycles. The van der Waals surface area contributed by atoms with E-state index in [2.05, 4.69) is 71.7 Å². The Kier molecular flexibility index (Phi) is 6.66. The molecule has 2 saturated carbocycles. The van der Waals surface area contributed by atoms with Crippen LogP contribution in [0.4, 0.5) is 5.82 Å². The fraction of sp³-hybridized carbons (Fsp3) is 0.462. The van der Waals surface area contributed by atoms with Crippen molar-refractivity contribution in [1.82, 2.24) is 39.1 Å². The number of carbonyl (C=O) groups is 1. The standard InChI is InChI=1S/C26H32N10OS/c1-17(34-10-8-33(3)9-11-34)22(35-13-21(28-15-35)18-4-5-18)12-20(27-2)25(37)30-23-14-38-26(31-23)24-32-29-16-36(24)19-6-7-19/h12-16,18-19H,2,4-11H2,1,3H3,(H,30,37)/b20-12-,22-17-. The third-order valence-electron chi connectivity index (χ3n) is 7.35. The fourth-order valence-corrected chi connectivity index (χ4v) is 5.41. The van der Waals surface area contributed by atoms with Crippen LogP contribution in [0.15, 0.2) is 46.7 Å². The average molecular weight is 533 g/mol. The molecule has 0 aromatic carbocycles. The monoisotopic (exact) mass is 532 g/mol. The Morgan fingerprint density at radius 2 is 1.97 bits per heavy atom. The average Bonchev–Trinajstić information content (AvgIpc) is 3.80. The van der Waals surface area contributed by atoms with Gasteiger partial charge in [0, 0.05) is 55.4 Å². The van der Waals surface area contributed by atoms with Crippen molar-refractivity contribution in [1.29, 1.82) is 0 Å². The van der Waals surface area contributed by atoms with Gasteiger partial charge in [-0.2, -0.15) is 0 Å². The number of allylic oxidation sites excluding steroid dienone is 3. The molecule has 12 heteroatoms. The number of carbonyl (C=O) groups excluding carboxylic acids is 1. The lowest BCUT2D eigenvalue weighted by Gasteiger charge is -2.35. The van der Waals surface area contributed by atoms with Crippen LogP contribution in [0.3, 0.4) is 0 Å². The number of hydrogen-bond donors (Lipinski definition) is 1. The van der Waals surface area contributed by atoms with Crippen LogP contribution < -0.4 is 5.32 Å². The highest BCUT2D eigenvalue weighted by atomic mass is 32.1. The van der Waals surface area contributed by atoms with Gasteiger partial charge in [0.1, 0.15) is 17.8 Å². The number of hydrogen-bond acceptors (Lipinski definition) is 9. The zero-order chi connectivity index (χ0) is 26.2. The maximum atomic E-state index is 13.3. The number of imidazole rings is 1. The summed E-state index contributed by atoms with van der Waals surface area (Å²) in [5.74, 6) is 1.35. The van der Waals surface area contributed by atoms with Crippen LogP contribution in [0.1, 0.15) is 50.3 Å². The summed E-state index contributed by atoms with van der Waals surface area (Å²) in [6.07, 6.45) is 12.1. The molecule has 3 aromatic heterocycles. The third-order valence-corrected chi connectivity index (χ3v) is 8.19. The van der Waals surface area contributed by atoms with Crippen LogP contribution in [0, 0.1) is 0 Å². The molecule has 4 heterocycles. The number of aliphatic imine (C=N–C) groups is 1. The van der Waals surface area contributed by atoms with Crippen molar-refractivity contribution in [2.24, 2.45) is 4.99 Å². The molecule has 0 unspecified atom stereocenters. The molecule has 3 fully saturated rings. The van der Waals surface area contributed by atoms with Crippen molar-refractivity contribution >= 4 is 35.5 Å². The van der Waals surface area contributed by atoms with Crippen LogP contribution in [0.5, 0.6) is 0 Å². The highest BCUT2D eigenvalue weighted by Gasteiger charge is 2.28. The first-order valence-electron chi connectivity index (χ1n) is 13.0. The van der Waals surface area contributed by atoms with Crippen LogP contribution >= 0.6 is 11.3 Å². The first-order valence-corrected chi connectivity index (χ1v) is 13.9. The first-order chi connectivity index (χ1) is 18.5. The van der Waals surface area contributed by atoms with Crippen molar-refractivity contribution in [3.05, 3.63) is 47.4 Å². The molecule has 6 rings (SSSR count). The highest BCUT2D eigenvalue weighted by Crippen LogP contribution is 2.40. The number of nitrogens with one attached hydrogen (secondary N) is 1. The van der Waals surface area contributed by atoms with E-state index in [0.717, 1.165) is 66.9 Å². The van der Waals surface area contributed by atoms with Gasteiger partial charge in [0.05, 0.1) is 17.7 Å². The molecule has 0 atom stereocenters. The quantitative estimate of drug-likeness (QED) is 0.255. The molecule has 1 N–H and O–H groups in total. The maximum Gasteiger partial charge on any atom is 0.275 e. The summed E-state index contributed by atoms with van der Waals surface area (Å²) in [5, 5.41) is 13.7. The van der Waals surface area contributed by atoms with Crippen LogP contribution in [-0.2, 0) is 4.79 Å². The minimum absolute atomic E-state index is 0.214. The number of piperazine rings is 1. The Morgan fingerprint density at radius 1 is 1.18 bits per heavy atom. The molecular formula is C26H32N10OS. The summed E-state index contributed by atoms with van der Waals surface area (Å²) in [5.41, 5.74) is 3.24. The van der Waals surface area contributed by atoms with Gasteiger partial charge in [-0.1, -0.05) is 0 Å². The molecule has 0 bridgehead atoms. The van der Waals surface area contributed by atoms with Gasteiger partial charge in [-0.3, -0.25) is 9.79 Å². The van der Waals surface area contributed by atoms with Gasteiger partial charge in [0.15, 0.2) is 10.8 Å². The second-order valence-corrected chi connectivity index (χ2v) is 11.1. The predicted molar refractivity (Wildman–Crippen MR) is 148 cm³/mol. The van der Waals surface area contributed by atoms with Crippen molar-refractivity contribution in [2.75, 3.05) is 38.5 Å². The third kappa shape index (κ3) is 5.18.